The zero-order chi connectivity index (χ0) is 13.0. The highest BCUT2D eigenvalue weighted by atomic mass is 15.2. The minimum atomic E-state index is 0.367. The normalized spacial score (nSPS) is 18.9. The van der Waals surface area contributed by atoms with Gasteiger partial charge in [0.05, 0.1) is 17.6 Å². The fourth-order valence-corrected chi connectivity index (χ4v) is 2.42. The van der Waals surface area contributed by atoms with Gasteiger partial charge in [0.1, 0.15) is 0 Å². The standard InChI is InChI=1S/C14H24N4/c1-4-13(15-2)14-6-5-12(11-16-14)18-9-7-17(3)8-10-18/h5-6,11,13,15H,4,7-10H2,1-3H3. The SMILES string of the molecule is CCC(NC)c1ccc(N2CCN(C)CC2)cn1. The van der Waals surface area contributed by atoms with Crippen molar-refractivity contribution in [1.82, 2.24) is 15.2 Å². The molecule has 4 nitrogen and oxygen atoms in total. The highest BCUT2D eigenvalue weighted by Gasteiger charge is 2.15. The molecule has 0 bridgehead atoms. The van der Waals surface area contributed by atoms with Crippen LogP contribution >= 0.6 is 0 Å². The molecule has 100 valence electrons. The largest absolute Gasteiger partial charge is 0.368 e. The van der Waals surface area contributed by atoms with Crippen LogP contribution < -0.4 is 10.2 Å². The topological polar surface area (TPSA) is 31.4 Å². The third kappa shape index (κ3) is 3.00. The first kappa shape index (κ1) is 13.3. The van der Waals surface area contributed by atoms with E-state index in [1.54, 1.807) is 0 Å². The third-order valence-corrected chi connectivity index (χ3v) is 3.75. The van der Waals surface area contributed by atoms with E-state index in [9.17, 15) is 0 Å². The van der Waals surface area contributed by atoms with Crippen LogP contribution in [0.15, 0.2) is 18.3 Å². The number of likely N-dealkylation sites (N-methyl/N-ethyl adjacent to an activating group) is 1. The van der Waals surface area contributed by atoms with Crippen LogP contribution in [-0.4, -0.2) is 50.2 Å². The summed E-state index contributed by atoms with van der Waals surface area (Å²) in [4.78, 5) is 9.38. The summed E-state index contributed by atoms with van der Waals surface area (Å²) in [5, 5.41) is 3.29. The lowest BCUT2D eigenvalue weighted by atomic mass is 10.1. The van der Waals surface area contributed by atoms with Gasteiger partial charge in [0.2, 0.25) is 0 Å². The lowest BCUT2D eigenvalue weighted by Gasteiger charge is -2.33. The van der Waals surface area contributed by atoms with Crippen molar-refractivity contribution in [3.8, 4) is 0 Å². The fraction of sp³-hybridized carbons (Fsp3) is 0.643. The van der Waals surface area contributed by atoms with E-state index in [1.807, 2.05) is 13.2 Å². The Morgan fingerprint density at radius 2 is 2.00 bits per heavy atom. The molecule has 0 aliphatic carbocycles. The highest BCUT2D eigenvalue weighted by molar-refractivity contribution is 5.45. The lowest BCUT2D eigenvalue weighted by Crippen LogP contribution is -2.44. The summed E-state index contributed by atoms with van der Waals surface area (Å²) >= 11 is 0. The second-order valence-corrected chi connectivity index (χ2v) is 4.98. The van der Waals surface area contributed by atoms with Gasteiger partial charge in [-0.25, -0.2) is 0 Å². The summed E-state index contributed by atoms with van der Waals surface area (Å²) in [5.74, 6) is 0. The van der Waals surface area contributed by atoms with Gasteiger partial charge in [0.25, 0.3) is 0 Å². The Morgan fingerprint density at radius 1 is 1.28 bits per heavy atom. The molecule has 1 fully saturated rings. The zero-order valence-corrected chi connectivity index (χ0v) is 11.7. The highest BCUT2D eigenvalue weighted by Crippen LogP contribution is 2.19. The second kappa shape index (κ2) is 6.16. The molecule has 1 aromatic rings. The van der Waals surface area contributed by atoms with E-state index >= 15 is 0 Å². The predicted octanol–water partition coefficient (Wildman–Crippen LogP) is 1.50. The molecule has 1 unspecified atom stereocenters. The van der Waals surface area contributed by atoms with Gasteiger partial charge in [0, 0.05) is 32.2 Å². The molecule has 0 amide bonds. The molecule has 0 aromatic carbocycles. The van der Waals surface area contributed by atoms with Crippen molar-refractivity contribution in [1.29, 1.82) is 0 Å². The average molecular weight is 248 g/mol. The smallest absolute Gasteiger partial charge is 0.0574 e. The van der Waals surface area contributed by atoms with Crippen molar-refractivity contribution >= 4 is 5.69 Å². The van der Waals surface area contributed by atoms with Crippen LogP contribution in [0.2, 0.25) is 0 Å². The van der Waals surface area contributed by atoms with Gasteiger partial charge in [-0.15, -0.1) is 0 Å². The number of nitrogens with one attached hydrogen (secondary N) is 1. The molecule has 1 aliphatic rings. The minimum absolute atomic E-state index is 0.367. The quantitative estimate of drug-likeness (QED) is 0.875. The average Bonchev–Trinajstić information content (AvgIpc) is 2.42. The van der Waals surface area contributed by atoms with Gasteiger partial charge in [-0.1, -0.05) is 6.92 Å². The van der Waals surface area contributed by atoms with Crippen LogP contribution in [0.5, 0.6) is 0 Å². The maximum atomic E-state index is 4.60. The molecule has 1 saturated heterocycles. The lowest BCUT2D eigenvalue weighted by molar-refractivity contribution is 0.313. The molecule has 2 heterocycles. The van der Waals surface area contributed by atoms with Crippen LogP contribution in [0.1, 0.15) is 25.1 Å². The maximum Gasteiger partial charge on any atom is 0.0574 e. The van der Waals surface area contributed by atoms with Crippen LogP contribution in [0.3, 0.4) is 0 Å². The van der Waals surface area contributed by atoms with Crippen LogP contribution in [0, 0.1) is 0 Å². The Hall–Kier alpha value is -1.13. The van der Waals surface area contributed by atoms with Gasteiger partial charge in [-0.05, 0) is 32.6 Å². The van der Waals surface area contributed by atoms with Crippen molar-refractivity contribution in [3.63, 3.8) is 0 Å². The van der Waals surface area contributed by atoms with E-state index in [2.05, 4.69) is 46.2 Å². The molecule has 0 radical (unpaired) electrons. The molecule has 2 rings (SSSR count). The molecule has 4 heteroatoms. The van der Waals surface area contributed by atoms with Crippen LogP contribution in [-0.2, 0) is 0 Å². The molecular weight excluding hydrogens is 224 g/mol. The monoisotopic (exact) mass is 248 g/mol. The molecule has 1 atom stereocenters. The van der Waals surface area contributed by atoms with Crippen LogP contribution in [0.25, 0.3) is 0 Å². The van der Waals surface area contributed by atoms with E-state index < -0.39 is 0 Å². The Kier molecular flexibility index (Phi) is 4.55. The minimum Gasteiger partial charge on any atom is -0.368 e. The number of hydrogen-bond donors (Lipinski definition) is 1. The summed E-state index contributed by atoms with van der Waals surface area (Å²) in [6.45, 7) is 6.64. The molecule has 0 saturated carbocycles. The number of nitrogens with zero attached hydrogens (tertiary/aromatic N) is 3. The summed E-state index contributed by atoms with van der Waals surface area (Å²) in [6, 6.07) is 4.72. The van der Waals surface area contributed by atoms with E-state index in [0.29, 0.717) is 6.04 Å². The van der Waals surface area contributed by atoms with Crippen molar-refractivity contribution in [2.75, 3.05) is 45.2 Å². The summed E-state index contributed by atoms with van der Waals surface area (Å²) < 4.78 is 0. The summed E-state index contributed by atoms with van der Waals surface area (Å²) in [5.41, 5.74) is 2.38. The number of piperazine rings is 1. The van der Waals surface area contributed by atoms with Gasteiger partial charge in [-0.3, -0.25) is 4.98 Å². The van der Waals surface area contributed by atoms with Gasteiger partial charge in [-0.2, -0.15) is 0 Å². The predicted molar refractivity (Wildman–Crippen MR) is 76.0 cm³/mol. The summed E-state index contributed by atoms with van der Waals surface area (Å²) in [7, 11) is 4.17. The van der Waals surface area contributed by atoms with Crippen molar-refractivity contribution in [3.05, 3.63) is 24.0 Å². The number of aromatic nitrogens is 1. The maximum absolute atomic E-state index is 4.60. The molecule has 18 heavy (non-hydrogen) atoms. The Balaban J connectivity index is 2.03. The molecule has 1 N–H and O–H groups in total. The number of pyridine rings is 1. The van der Waals surface area contributed by atoms with Gasteiger partial charge in [0.15, 0.2) is 0 Å². The Bertz CT molecular complexity index is 351. The Morgan fingerprint density at radius 3 is 2.50 bits per heavy atom. The molecular formula is C14H24N4. The first-order valence-electron chi connectivity index (χ1n) is 6.81. The van der Waals surface area contributed by atoms with Crippen molar-refractivity contribution < 1.29 is 0 Å². The van der Waals surface area contributed by atoms with Crippen molar-refractivity contribution in [2.24, 2.45) is 0 Å². The second-order valence-electron chi connectivity index (χ2n) is 4.98. The van der Waals surface area contributed by atoms with Crippen LogP contribution in [0.4, 0.5) is 5.69 Å². The zero-order valence-electron chi connectivity index (χ0n) is 11.7. The number of anilines is 1. The fourth-order valence-electron chi connectivity index (χ4n) is 2.42. The molecule has 0 spiro atoms. The molecule has 1 aromatic heterocycles. The van der Waals surface area contributed by atoms with Gasteiger partial charge < -0.3 is 15.1 Å². The number of hydrogen-bond acceptors (Lipinski definition) is 4. The first-order valence-corrected chi connectivity index (χ1v) is 6.81. The number of rotatable bonds is 4. The summed E-state index contributed by atoms with van der Waals surface area (Å²) in [6.07, 6.45) is 3.08. The van der Waals surface area contributed by atoms with E-state index in [4.69, 9.17) is 0 Å². The third-order valence-electron chi connectivity index (χ3n) is 3.75. The van der Waals surface area contributed by atoms with E-state index in [0.717, 1.165) is 38.3 Å². The van der Waals surface area contributed by atoms with Crippen molar-refractivity contribution in [2.45, 2.75) is 19.4 Å². The van der Waals surface area contributed by atoms with E-state index in [1.165, 1.54) is 5.69 Å². The first-order chi connectivity index (χ1) is 8.74. The van der Waals surface area contributed by atoms with Gasteiger partial charge >= 0.3 is 0 Å². The molecule has 1 aliphatic heterocycles. The van der Waals surface area contributed by atoms with E-state index in [-0.39, 0.29) is 0 Å². The Labute approximate surface area is 110 Å².